The smallest absolute Gasteiger partial charge is 0.233 e. The third-order valence-electron chi connectivity index (χ3n) is 4.19. The standard InChI is InChI=1S/C21H24F2N2O2/c1-12(2)14-7-5-8-15(13(3)4)20(14)24-18(26)11-19(27)25-21-16(22)9-6-10-17(21)23/h5-10,12-13H,11H2,1-4H3,(H,24,26)(H,25,27). The summed E-state index contributed by atoms with van der Waals surface area (Å²) in [6, 6.07) is 9.07. The number of hydrogen-bond donors (Lipinski definition) is 2. The normalized spacial score (nSPS) is 11.0. The van der Waals surface area contributed by atoms with Crippen molar-refractivity contribution in [3.8, 4) is 0 Å². The van der Waals surface area contributed by atoms with Gasteiger partial charge in [0.15, 0.2) is 0 Å². The third kappa shape index (κ3) is 5.12. The van der Waals surface area contributed by atoms with Gasteiger partial charge in [-0.1, -0.05) is 52.0 Å². The largest absolute Gasteiger partial charge is 0.325 e. The Kier molecular flexibility index (Phi) is 6.66. The predicted octanol–water partition coefficient (Wildman–Crippen LogP) is 5.18. The van der Waals surface area contributed by atoms with Crippen molar-refractivity contribution in [3.05, 3.63) is 59.2 Å². The van der Waals surface area contributed by atoms with E-state index in [0.717, 1.165) is 23.3 Å². The lowest BCUT2D eigenvalue weighted by Gasteiger charge is -2.20. The van der Waals surface area contributed by atoms with Crippen LogP contribution in [0.15, 0.2) is 36.4 Å². The lowest BCUT2D eigenvalue weighted by Crippen LogP contribution is -2.23. The monoisotopic (exact) mass is 374 g/mol. The molecule has 0 atom stereocenters. The van der Waals surface area contributed by atoms with Crippen LogP contribution < -0.4 is 10.6 Å². The van der Waals surface area contributed by atoms with Gasteiger partial charge >= 0.3 is 0 Å². The molecule has 0 bridgehead atoms. The molecule has 4 nitrogen and oxygen atoms in total. The first kappa shape index (κ1) is 20.6. The van der Waals surface area contributed by atoms with Crippen LogP contribution in [0.1, 0.15) is 57.1 Å². The molecule has 0 aliphatic rings. The van der Waals surface area contributed by atoms with Crippen molar-refractivity contribution in [1.82, 2.24) is 0 Å². The predicted molar refractivity (Wildman–Crippen MR) is 103 cm³/mol. The first-order chi connectivity index (χ1) is 12.7. The number of amides is 2. The minimum Gasteiger partial charge on any atom is -0.325 e. The first-order valence-electron chi connectivity index (χ1n) is 8.87. The Morgan fingerprint density at radius 3 is 1.63 bits per heavy atom. The first-order valence-corrected chi connectivity index (χ1v) is 8.87. The molecule has 2 N–H and O–H groups in total. The zero-order valence-corrected chi connectivity index (χ0v) is 15.9. The summed E-state index contributed by atoms with van der Waals surface area (Å²) in [6.45, 7) is 8.07. The summed E-state index contributed by atoms with van der Waals surface area (Å²) in [6.07, 6.45) is -0.544. The highest BCUT2D eigenvalue weighted by Gasteiger charge is 2.19. The molecule has 0 aromatic heterocycles. The topological polar surface area (TPSA) is 58.2 Å². The molecule has 0 aliphatic heterocycles. The summed E-state index contributed by atoms with van der Waals surface area (Å²) >= 11 is 0. The lowest BCUT2D eigenvalue weighted by atomic mass is 9.92. The molecule has 0 aliphatic carbocycles. The minimum atomic E-state index is -0.893. The Labute approximate surface area is 158 Å². The van der Waals surface area contributed by atoms with Crippen LogP contribution in [-0.4, -0.2) is 11.8 Å². The number of anilines is 2. The van der Waals surface area contributed by atoms with Crippen LogP contribution in [-0.2, 0) is 9.59 Å². The molecule has 0 radical (unpaired) electrons. The Bertz CT molecular complexity index is 802. The molecule has 0 saturated heterocycles. The van der Waals surface area contributed by atoms with E-state index in [1.54, 1.807) is 0 Å². The SMILES string of the molecule is CC(C)c1cccc(C(C)C)c1NC(=O)CC(=O)Nc1c(F)cccc1F. The molecule has 0 fully saturated rings. The van der Waals surface area contributed by atoms with Gasteiger partial charge in [-0.3, -0.25) is 9.59 Å². The van der Waals surface area contributed by atoms with Crippen LogP contribution in [0.25, 0.3) is 0 Å². The molecule has 2 rings (SSSR count). The Balaban J connectivity index is 2.15. The fourth-order valence-corrected chi connectivity index (χ4v) is 2.83. The summed E-state index contributed by atoms with van der Waals surface area (Å²) in [5, 5.41) is 4.92. The third-order valence-corrected chi connectivity index (χ3v) is 4.19. The van der Waals surface area contributed by atoms with Gasteiger partial charge in [-0.25, -0.2) is 8.78 Å². The molecule has 6 heteroatoms. The fraction of sp³-hybridized carbons (Fsp3) is 0.333. The van der Waals surface area contributed by atoms with Crippen molar-refractivity contribution >= 4 is 23.2 Å². The molecule has 2 aromatic rings. The zero-order chi connectivity index (χ0) is 20.1. The van der Waals surface area contributed by atoms with E-state index in [1.807, 2.05) is 45.9 Å². The summed E-state index contributed by atoms with van der Waals surface area (Å²) in [4.78, 5) is 24.4. The summed E-state index contributed by atoms with van der Waals surface area (Å²) in [5.41, 5.74) is 2.07. The van der Waals surface area contributed by atoms with Gasteiger partial charge in [0.2, 0.25) is 11.8 Å². The number of carbonyl (C=O) groups excluding carboxylic acids is 2. The molecule has 2 aromatic carbocycles. The highest BCUT2D eigenvalue weighted by atomic mass is 19.1. The van der Waals surface area contributed by atoms with Gasteiger partial charge < -0.3 is 10.6 Å². The Morgan fingerprint density at radius 1 is 0.778 bits per heavy atom. The van der Waals surface area contributed by atoms with E-state index in [1.165, 1.54) is 6.07 Å². The van der Waals surface area contributed by atoms with Crippen molar-refractivity contribution in [1.29, 1.82) is 0 Å². The van der Waals surface area contributed by atoms with Crippen LogP contribution in [0.4, 0.5) is 20.2 Å². The maximum Gasteiger partial charge on any atom is 0.233 e. The molecular formula is C21H24F2N2O2. The summed E-state index contributed by atoms with van der Waals surface area (Å²) in [7, 11) is 0. The summed E-state index contributed by atoms with van der Waals surface area (Å²) in [5.74, 6) is -2.75. The fourth-order valence-electron chi connectivity index (χ4n) is 2.83. The number of rotatable bonds is 6. The molecule has 0 unspecified atom stereocenters. The van der Waals surface area contributed by atoms with Gasteiger partial charge in [-0.15, -0.1) is 0 Å². The van der Waals surface area contributed by atoms with Crippen LogP contribution in [0.3, 0.4) is 0 Å². The molecular weight excluding hydrogens is 350 g/mol. The second-order valence-electron chi connectivity index (χ2n) is 6.99. The number of carbonyl (C=O) groups is 2. The highest BCUT2D eigenvalue weighted by Crippen LogP contribution is 2.32. The number of benzene rings is 2. The maximum absolute atomic E-state index is 13.6. The van der Waals surface area contributed by atoms with Gasteiger partial charge in [0.05, 0.1) is 0 Å². The van der Waals surface area contributed by atoms with Crippen molar-refractivity contribution in [3.63, 3.8) is 0 Å². The van der Waals surface area contributed by atoms with E-state index >= 15 is 0 Å². The maximum atomic E-state index is 13.6. The molecule has 0 saturated carbocycles. The molecule has 0 spiro atoms. The average molecular weight is 374 g/mol. The second-order valence-corrected chi connectivity index (χ2v) is 6.99. The van der Waals surface area contributed by atoms with E-state index < -0.39 is 35.6 Å². The molecule has 27 heavy (non-hydrogen) atoms. The molecule has 144 valence electrons. The van der Waals surface area contributed by atoms with E-state index in [2.05, 4.69) is 10.6 Å². The molecule has 0 heterocycles. The van der Waals surface area contributed by atoms with Gasteiger partial charge in [-0.2, -0.15) is 0 Å². The highest BCUT2D eigenvalue weighted by molar-refractivity contribution is 6.08. The zero-order valence-electron chi connectivity index (χ0n) is 15.9. The van der Waals surface area contributed by atoms with E-state index in [-0.39, 0.29) is 11.8 Å². The van der Waals surface area contributed by atoms with Gasteiger partial charge in [-0.05, 0) is 35.1 Å². The van der Waals surface area contributed by atoms with Gasteiger partial charge in [0.25, 0.3) is 0 Å². The van der Waals surface area contributed by atoms with E-state index in [0.29, 0.717) is 5.69 Å². The minimum absolute atomic E-state index is 0.181. The second kappa shape index (κ2) is 8.75. The van der Waals surface area contributed by atoms with Crippen LogP contribution in [0.2, 0.25) is 0 Å². The van der Waals surface area contributed by atoms with E-state index in [4.69, 9.17) is 0 Å². The lowest BCUT2D eigenvalue weighted by molar-refractivity contribution is -0.123. The van der Waals surface area contributed by atoms with Crippen molar-refractivity contribution < 1.29 is 18.4 Å². The van der Waals surface area contributed by atoms with Crippen molar-refractivity contribution in [2.75, 3.05) is 10.6 Å². The number of nitrogens with one attached hydrogen (secondary N) is 2. The van der Waals surface area contributed by atoms with Gasteiger partial charge in [0, 0.05) is 5.69 Å². The van der Waals surface area contributed by atoms with Crippen LogP contribution in [0, 0.1) is 11.6 Å². The van der Waals surface area contributed by atoms with Crippen LogP contribution >= 0.6 is 0 Å². The number of para-hydroxylation sites is 2. The number of halogens is 2. The van der Waals surface area contributed by atoms with Gasteiger partial charge in [0.1, 0.15) is 23.7 Å². The summed E-state index contributed by atoms with van der Waals surface area (Å²) < 4.78 is 27.2. The molecule has 2 amide bonds. The number of hydrogen-bond acceptors (Lipinski definition) is 2. The van der Waals surface area contributed by atoms with E-state index in [9.17, 15) is 18.4 Å². The quantitative estimate of drug-likeness (QED) is 0.685. The van der Waals surface area contributed by atoms with Crippen LogP contribution in [0.5, 0.6) is 0 Å². The van der Waals surface area contributed by atoms with Crippen molar-refractivity contribution in [2.45, 2.75) is 46.0 Å². The Morgan fingerprint density at radius 2 is 1.19 bits per heavy atom. The average Bonchev–Trinajstić information content (AvgIpc) is 2.57. The Hall–Kier alpha value is -2.76. The van der Waals surface area contributed by atoms with Crippen molar-refractivity contribution in [2.24, 2.45) is 0 Å².